The maximum absolute atomic E-state index is 6.21. The number of thioether (sulfide) groups is 2. The number of hydrogen-bond acceptors (Lipinski definition) is 6. The molecule has 2 aliphatic heterocycles. The summed E-state index contributed by atoms with van der Waals surface area (Å²) in [5.74, 6) is 2.12. The minimum Gasteiger partial charge on any atom is -0.489 e. The van der Waals surface area contributed by atoms with Crippen LogP contribution in [0.15, 0.2) is 64.1 Å². The third-order valence-electron chi connectivity index (χ3n) is 4.83. The fourth-order valence-corrected chi connectivity index (χ4v) is 5.77. The van der Waals surface area contributed by atoms with Crippen LogP contribution in [0.1, 0.15) is 42.1 Å². The molecule has 3 heterocycles. The van der Waals surface area contributed by atoms with Crippen LogP contribution in [0, 0.1) is 0 Å². The molecule has 1 unspecified atom stereocenters. The van der Waals surface area contributed by atoms with Crippen LogP contribution in [0.3, 0.4) is 0 Å². The van der Waals surface area contributed by atoms with E-state index in [1.54, 1.807) is 23.5 Å². The molecule has 1 atom stereocenters. The molecule has 0 spiro atoms. The van der Waals surface area contributed by atoms with E-state index < -0.39 is 0 Å². The van der Waals surface area contributed by atoms with E-state index >= 15 is 0 Å². The lowest BCUT2D eigenvalue weighted by Crippen LogP contribution is -2.31. The van der Waals surface area contributed by atoms with E-state index in [0.717, 1.165) is 27.3 Å². The van der Waals surface area contributed by atoms with E-state index in [1.165, 1.54) is 10.6 Å². The highest BCUT2D eigenvalue weighted by Crippen LogP contribution is 2.51. The number of aromatic nitrogens is 3. The molecule has 1 aromatic heterocycles. The van der Waals surface area contributed by atoms with Crippen LogP contribution in [0.2, 0.25) is 5.02 Å². The van der Waals surface area contributed by atoms with E-state index in [4.69, 9.17) is 16.3 Å². The van der Waals surface area contributed by atoms with Gasteiger partial charge in [0, 0.05) is 21.9 Å². The molecule has 8 heteroatoms. The molecule has 5 rings (SSSR count). The van der Waals surface area contributed by atoms with E-state index in [0.29, 0.717) is 12.5 Å². The van der Waals surface area contributed by atoms with E-state index in [1.807, 2.05) is 36.4 Å². The predicted octanol–water partition coefficient (Wildman–Crippen LogP) is 5.92. The quantitative estimate of drug-likeness (QED) is 0.488. The monoisotopic (exact) mass is 442 g/mol. The molecule has 2 aliphatic rings. The van der Waals surface area contributed by atoms with Crippen molar-refractivity contribution in [2.75, 3.05) is 5.01 Å². The van der Waals surface area contributed by atoms with E-state index in [2.05, 4.69) is 51.3 Å². The Kier molecular flexibility index (Phi) is 4.97. The molecule has 0 saturated carbocycles. The number of hydrogen-bond donors (Lipinski definition) is 0. The lowest BCUT2D eigenvalue weighted by Gasteiger charge is -2.26. The van der Waals surface area contributed by atoms with Gasteiger partial charge in [-0.1, -0.05) is 67.5 Å². The fourth-order valence-electron chi connectivity index (χ4n) is 3.35. The van der Waals surface area contributed by atoms with Crippen molar-refractivity contribution in [3.05, 3.63) is 80.9 Å². The summed E-state index contributed by atoms with van der Waals surface area (Å²) in [6.07, 6.45) is 0. The normalized spacial score (nSPS) is 17.4. The Balaban J connectivity index is 1.34. The Hall–Kier alpha value is -2.09. The maximum atomic E-state index is 6.21. The summed E-state index contributed by atoms with van der Waals surface area (Å²) in [4.78, 5) is 0. The van der Waals surface area contributed by atoms with Crippen molar-refractivity contribution in [3.63, 3.8) is 0 Å². The lowest BCUT2D eigenvalue weighted by atomic mass is 10.2. The number of fused-ring (bicyclic) bond motifs is 3. The van der Waals surface area contributed by atoms with Crippen molar-refractivity contribution in [2.45, 2.75) is 36.9 Å². The molecule has 5 nitrogen and oxygen atoms in total. The summed E-state index contributed by atoms with van der Waals surface area (Å²) in [6.45, 7) is 4.74. The van der Waals surface area contributed by atoms with Gasteiger partial charge in [-0.25, -0.2) is 4.68 Å². The van der Waals surface area contributed by atoms with Crippen molar-refractivity contribution in [2.24, 2.45) is 0 Å². The van der Waals surface area contributed by atoms with Crippen molar-refractivity contribution < 1.29 is 4.74 Å². The average molecular weight is 443 g/mol. The Labute approximate surface area is 183 Å². The first-order valence-electron chi connectivity index (χ1n) is 9.36. The van der Waals surface area contributed by atoms with Gasteiger partial charge >= 0.3 is 0 Å². The second kappa shape index (κ2) is 7.63. The van der Waals surface area contributed by atoms with Crippen LogP contribution in [0.4, 0.5) is 0 Å². The molecule has 0 radical (unpaired) electrons. The van der Waals surface area contributed by atoms with Gasteiger partial charge in [-0.05, 0) is 35.5 Å². The van der Waals surface area contributed by atoms with Crippen molar-refractivity contribution >= 4 is 35.1 Å². The van der Waals surface area contributed by atoms with Gasteiger partial charge in [0.1, 0.15) is 22.8 Å². The molecule has 0 bridgehead atoms. The molecule has 0 fully saturated rings. The topological polar surface area (TPSA) is 43.2 Å². The Bertz CT molecular complexity index is 1080. The van der Waals surface area contributed by atoms with Crippen LogP contribution >= 0.6 is 35.1 Å². The van der Waals surface area contributed by atoms with Gasteiger partial charge in [-0.2, -0.15) is 0 Å². The molecule has 0 amide bonds. The minimum absolute atomic E-state index is 0.157. The third-order valence-corrected chi connectivity index (χ3v) is 7.39. The summed E-state index contributed by atoms with van der Waals surface area (Å²) in [5, 5.41) is 16.3. The predicted molar refractivity (Wildman–Crippen MR) is 119 cm³/mol. The van der Waals surface area contributed by atoms with Gasteiger partial charge in [-0.15, -0.1) is 10.2 Å². The van der Waals surface area contributed by atoms with Crippen molar-refractivity contribution in [1.29, 1.82) is 0 Å². The summed E-state index contributed by atoms with van der Waals surface area (Å²) in [6, 6.07) is 16.0. The van der Waals surface area contributed by atoms with Gasteiger partial charge in [0.05, 0.1) is 0 Å². The first-order valence-corrected chi connectivity index (χ1v) is 11.5. The molecule has 0 saturated heterocycles. The first kappa shape index (κ1) is 18.9. The summed E-state index contributed by atoms with van der Waals surface area (Å²) < 4.78 is 8.08. The third kappa shape index (κ3) is 3.41. The maximum Gasteiger partial charge on any atom is 0.216 e. The second-order valence-electron chi connectivity index (χ2n) is 7.15. The number of ether oxygens (including phenoxy) is 1. The molecule has 3 aromatic rings. The van der Waals surface area contributed by atoms with E-state index in [9.17, 15) is 0 Å². The highest BCUT2D eigenvalue weighted by atomic mass is 35.5. The number of rotatable bonds is 5. The number of halogens is 1. The summed E-state index contributed by atoms with van der Waals surface area (Å²) in [7, 11) is 0. The smallest absolute Gasteiger partial charge is 0.216 e. The molecule has 148 valence electrons. The molecule has 0 N–H and O–H groups in total. The van der Waals surface area contributed by atoms with Crippen LogP contribution in [-0.2, 0) is 6.61 Å². The molecular formula is C21H19ClN4OS2. The Morgan fingerprint density at radius 3 is 2.66 bits per heavy atom. The van der Waals surface area contributed by atoms with Crippen LogP contribution in [0.25, 0.3) is 0 Å². The molecule has 0 aliphatic carbocycles. The van der Waals surface area contributed by atoms with Gasteiger partial charge in [0.25, 0.3) is 0 Å². The van der Waals surface area contributed by atoms with Gasteiger partial charge in [-0.3, -0.25) is 5.01 Å². The highest BCUT2D eigenvalue weighted by Gasteiger charge is 2.39. The first-order chi connectivity index (χ1) is 14.1. The largest absolute Gasteiger partial charge is 0.489 e. The van der Waals surface area contributed by atoms with Gasteiger partial charge in [0.2, 0.25) is 5.16 Å². The second-order valence-corrected chi connectivity index (χ2v) is 9.50. The summed E-state index contributed by atoms with van der Waals surface area (Å²) in [5.41, 5.74) is 2.19. The number of benzene rings is 2. The zero-order chi connectivity index (χ0) is 20.0. The van der Waals surface area contributed by atoms with Crippen molar-refractivity contribution in [3.8, 4) is 5.75 Å². The van der Waals surface area contributed by atoms with Crippen LogP contribution < -0.4 is 9.75 Å². The Morgan fingerprint density at radius 2 is 1.90 bits per heavy atom. The zero-order valence-corrected chi connectivity index (χ0v) is 18.3. The highest BCUT2D eigenvalue weighted by molar-refractivity contribution is 8.07. The van der Waals surface area contributed by atoms with Gasteiger partial charge < -0.3 is 4.74 Å². The lowest BCUT2D eigenvalue weighted by molar-refractivity contribution is 0.306. The SMILES string of the molecule is CC(C)c1nnc2n1N1C(=CSC1c1ccc(OCc3ccccc3Cl)cc1)S2. The molecule has 2 aromatic carbocycles. The average Bonchev–Trinajstić information content (AvgIpc) is 3.39. The minimum atomic E-state index is 0.157. The molecular weight excluding hydrogens is 424 g/mol. The number of nitrogens with zero attached hydrogens (tertiary/aromatic N) is 4. The van der Waals surface area contributed by atoms with Crippen LogP contribution in [0.5, 0.6) is 5.75 Å². The Morgan fingerprint density at radius 1 is 1.10 bits per heavy atom. The van der Waals surface area contributed by atoms with E-state index in [-0.39, 0.29) is 5.37 Å². The standard InChI is InChI=1S/C21H19ClN4OS2/c1-13(2)19-23-24-21-26(19)25-18(29-21)12-28-20(25)14-7-9-16(10-8-14)27-11-15-5-3-4-6-17(15)22/h3-10,12-13,20H,11H2,1-2H3. The zero-order valence-electron chi connectivity index (χ0n) is 15.9. The summed E-state index contributed by atoms with van der Waals surface area (Å²) >= 11 is 9.68. The molecule has 29 heavy (non-hydrogen) atoms. The van der Waals surface area contributed by atoms with Crippen LogP contribution in [-0.4, -0.2) is 14.9 Å². The fraction of sp³-hybridized carbons (Fsp3) is 0.238. The van der Waals surface area contributed by atoms with Gasteiger partial charge in [0.15, 0.2) is 5.82 Å². The van der Waals surface area contributed by atoms with Crippen molar-refractivity contribution in [1.82, 2.24) is 14.9 Å².